The Balaban J connectivity index is 1.99. The fourth-order valence-corrected chi connectivity index (χ4v) is 2.67. The molecule has 1 heterocycles. The molecule has 1 atom stereocenters. The molecule has 0 spiro atoms. The van der Waals surface area contributed by atoms with Crippen LogP contribution in [0.5, 0.6) is 0 Å². The lowest BCUT2D eigenvalue weighted by molar-refractivity contribution is 0.630. The summed E-state index contributed by atoms with van der Waals surface area (Å²) in [5.74, 6) is 0. The largest absolute Gasteiger partial charge is 0.307 e. The van der Waals surface area contributed by atoms with Crippen LogP contribution < -0.4 is 5.32 Å². The van der Waals surface area contributed by atoms with E-state index in [0.29, 0.717) is 0 Å². The maximum Gasteiger partial charge on any atom is 0.0705 e. The lowest BCUT2D eigenvalue weighted by Crippen LogP contribution is -2.22. The fraction of sp³-hybridized carbons (Fsp3) is 0.150. The van der Waals surface area contributed by atoms with E-state index in [4.69, 9.17) is 0 Å². The Morgan fingerprint density at radius 1 is 0.864 bits per heavy atom. The van der Waals surface area contributed by atoms with Crippen molar-refractivity contribution in [2.45, 2.75) is 13.0 Å². The van der Waals surface area contributed by atoms with E-state index >= 15 is 0 Å². The first-order valence-electron chi connectivity index (χ1n) is 7.68. The number of nitrogens with one attached hydrogen (secondary N) is 1. The van der Waals surface area contributed by atoms with Gasteiger partial charge in [0, 0.05) is 11.8 Å². The molecule has 2 aromatic carbocycles. The number of pyridine rings is 1. The van der Waals surface area contributed by atoms with Crippen LogP contribution in [0.1, 0.15) is 24.1 Å². The maximum atomic E-state index is 4.52. The third kappa shape index (κ3) is 3.23. The lowest BCUT2D eigenvalue weighted by Gasteiger charge is -2.19. The average molecular weight is 288 g/mol. The maximum absolute atomic E-state index is 4.52. The van der Waals surface area contributed by atoms with Crippen molar-refractivity contribution >= 4 is 0 Å². The van der Waals surface area contributed by atoms with Gasteiger partial charge in [-0.1, -0.05) is 67.6 Å². The van der Waals surface area contributed by atoms with Crippen LogP contribution >= 0.6 is 0 Å². The van der Waals surface area contributed by atoms with Crippen LogP contribution in [0.2, 0.25) is 0 Å². The van der Waals surface area contributed by atoms with Gasteiger partial charge in [-0.05, 0) is 29.8 Å². The number of nitrogens with zero attached hydrogens (tertiary/aromatic N) is 1. The molecule has 1 unspecified atom stereocenters. The Kier molecular flexibility index (Phi) is 4.62. The van der Waals surface area contributed by atoms with Gasteiger partial charge in [0.1, 0.15) is 0 Å². The van der Waals surface area contributed by atoms with E-state index in [1.54, 1.807) is 0 Å². The summed E-state index contributed by atoms with van der Waals surface area (Å²) in [7, 11) is 0. The Bertz CT molecular complexity index is 708. The normalized spacial score (nSPS) is 12.0. The molecule has 0 saturated heterocycles. The number of benzene rings is 2. The molecule has 0 radical (unpaired) electrons. The first-order valence-corrected chi connectivity index (χ1v) is 7.68. The molecule has 1 aromatic heterocycles. The topological polar surface area (TPSA) is 24.9 Å². The molecule has 0 bridgehead atoms. The molecule has 0 aliphatic heterocycles. The van der Waals surface area contributed by atoms with Crippen LogP contribution in [0, 0.1) is 0 Å². The molecular formula is C20H20N2. The van der Waals surface area contributed by atoms with Crippen molar-refractivity contribution in [3.63, 3.8) is 0 Å². The van der Waals surface area contributed by atoms with Crippen molar-refractivity contribution < 1.29 is 0 Å². The van der Waals surface area contributed by atoms with Crippen molar-refractivity contribution in [1.82, 2.24) is 10.3 Å². The summed E-state index contributed by atoms with van der Waals surface area (Å²) in [6, 6.07) is 25.3. The molecule has 2 heteroatoms. The Labute approximate surface area is 131 Å². The van der Waals surface area contributed by atoms with E-state index < -0.39 is 0 Å². The number of aromatic nitrogens is 1. The van der Waals surface area contributed by atoms with E-state index in [2.05, 4.69) is 71.8 Å². The molecule has 3 rings (SSSR count). The Morgan fingerprint density at radius 2 is 1.55 bits per heavy atom. The zero-order chi connectivity index (χ0) is 15.2. The Hall–Kier alpha value is -2.45. The van der Waals surface area contributed by atoms with Gasteiger partial charge in [-0.3, -0.25) is 4.98 Å². The highest BCUT2D eigenvalue weighted by molar-refractivity contribution is 5.59. The summed E-state index contributed by atoms with van der Waals surface area (Å²) in [6.45, 7) is 3.05. The monoisotopic (exact) mass is 288 g/mol. The number of hydrogen-bond donors (Lipinski definition) is 1. The highest BCUT2D eigenvalue weighted by atomic mass is 14.9. The molecule has 0 aliphatic rings. The standard InChI is InChI=1S/C20H20N2/c1-2-21-20(17-11-7-4-8-12-17)18-13-14-22-19(15-18)16-9-5-3-6-10-16/h3-15,20-21H,2H2,1H3. The highest BCUT2D eigenvalue weighted by Gasteiger charge is 2.13. The molecule has 0 saturated carbocycles. The van der Waals surface area contributed by atoms with Crippen LogP contribution in [0.25, 0.3) is 11.3 Å². The molecule has 0 amide bonds. The third-order valence-corrected chi connectivity index (χ3v) is 3.73. The first-order chi connectivity index (χ1) is 10.9. The van der Waals surface area contributed by atoms with Gasteiger partial charge in [0.2, 0.25) is 0 Å². The Morgan fingerprint density at radius 3 is 2.23 bits per heavy atom. The quantitative estimate of drug-likeness (QED) is 0.750. The zero-order valence-corrected chi connectivity index (χ0v) is 12.7. The summed E-state index contributed by atoms with van der Waals surface area (Å²) >= 11 is 0. The van der Waals surface area contributed by atoms with E-state index in [1.165, 1.54) is 11.1 Å². The van der Waals surface area contributed by atoms with Crippen LogP contribution in [0.4, 0.5) is 0 Å². The summed E-state index contributed by atoms with van der Waals surface area (Å²) in [6.07, 6.45) is 1.89. The van der Waals surface area contributed by atoms with E-state index in [9.17, 15) is 0 Å². The zero-order valence-electron chi connectivity index (χ0n) is 12.7. The molecule has 110 valence electrons. The minimum Gasteiger partial charge on any atom is -0.307 e. The minimum atomic E-state index is 0.191. The fourth-order valence-electron chi connectivity index (χ4n) is 2.67. The second kappa shape index (κ2) is 7.01. The molecule has 2 nitrogen and oxygen atoms in total. The second-order valence-electron chi connectivity index (χ2n) is 5.24. The number of rotatable bonds is 5. The van der Waals surface area contributed by atoms with Gasteiger partial charge >= 0.3 is 0 Å². The van der Waals surface area contributed by atoms with Crippen LogP contribution in [0.15, 0.2) is 79.0 Å². The highest BCUT2D eigenvalue weighted by Crippen LogP contribution is 2.25. The van der Waals surface area contributed by atoms with E-state index in [-0.39, 0.29) is 6.04 Å². The molecule has 0 aliphatic carbocycles. The smallest absolute Gasteiger partial charge is 0.0705 e. The van der Waals surface area contributed by atoms with Gasteiger partial charge in [-0.25, -0.2) is 0 Å². The average Bonchev–Trinajstić information content (AvgIpc) is 2.61. The van der Waals surface area contributed by atoms with Crippen molar-refractivity contribution in [2.24, 2.45) is 0 Å². The molecule has 3 aromatic rings. The van der Waals surface area contributed by atoms with Crippen LogP contribution in [-0.2, 0) is 0 Å². The predicted octanol–water partition coefficient (Wildman–Crippen LogP) is 4.45. The molecule has 1 N–H and O–H groups in total. The van der Waals surface area contributed by atoms with Crippen molar-refractivity contribution in [1.29, 1.82) is 0 Å². The second-order valence-corrected chi connectivity index (χ2v) is 5.24. The van der Waals surface area contributed by atoms with Gasteiger partial charge in [0.05, 0.1) is 11.7 Å². The summed E-state index contributed by atoms with van der Waals surface area (Å²) in [5, 5.41) is 3.57. The van der Waals surface area contributed by atoms with Gasteiger partial charge in [0.25, 0.3) is 0 Å². The van der Waals surface area contributed by atoms with Gasteiger partial charge in [0.15, 0.2) is 0 Å². The summed E-state index contributed by atoms with van der Waals surface area (Å²) in [4.78, 5) is 4.52. The van der Waals surface area contributed by atoms with Gasteiger partial charge in [-0.2, -0.15) is 0 Å². The van der Waals surface area contributed by atoms with E-state index in [0.717, 1.165) is 17.8 Å². The van der Waals surface area contributed by atoms with Crippen molar-refractivity contribution in [2.75, 3.05) is 6.54 Å². The lowest BCUT2D eigenvalue weighted by atomic mass is 9.98. The van der Waals surface area contributed by atoms with Crippen LogP contribution in [-0.4, -0.2) is 11.5 Å². The predicted molar refractivity (Wildman–Crippen MR) is 91.6 cm³/mol. The molecule has 22 heavy (non-hydrogen) atoms. The summed E-state index contributed by atoms with van der Waals surface area (Å²) in [5.41, 5.74) is 4.67. The van der Waals surface area contributed by atoms with Crippen LogP contribution in [0.3, 0.4) is 0 Å². The first kappa shape index (κ1) is 14.5. The van der Waals surface area contributed by atoms with Gasteiger partial charge in [-0.15, -0.1) is 0 Å². The third-order valence-electron chi connectivity index (χ3n) is 3.73. The minimum absolute atomic E-state index is 0.191. The van der Waals surface area contributed by atoms with Crippen molar-refractivity contribution in [3.8, 4) is 11.3 Å². The SMILES string of the molecule is CCNC(c1ccccc1)c1ccnc(-c2ccccc2)c1. The summed E-state index contributed by atoms with van der Waals surface area (Å²) < 4.78 is 0. The van der Waals surface area contributed by atoms with E-state index in [1.807, 2.05) is 24.4 Å². The molecule has 0 fully saturated rings. The number of hydrogen-bond acceptors (Lipinski definition) is 2. The van der Waals surface area contributed by atoms with Crippen molar-refractivity contribution in [3.05, 3.63) is 90.1 Å². The molecular weight excluding hydrogens is 268 g/mol. The van der Waals surface area contributed by atoms with Gasteiger partial charge < -0.3 is 5.32 Å².